The van der Waals surface area contributed by atoms with Crippen molar-refractivity contribution in [2.24, 2.45) is 4.99 Å². The van der Waals surface area contributed by atoms with Crippen LogP contribution in [0.5, 0.6) is 11.5 Å². The van der Waals surface area contributed by atoms with E-state index in [9.17, 15) is 9.59 Å². The summed E-state index contributed by atoms with van der Waals surface area (Å²) < 4.78 is 8.66. The lowest BCUT2D eigenvalue weighted by atomic mass is 10.2. The molecule has 0 aliphatic heterocycles. The summed E-state index contributed by atoms with van der Waals surface area (Å²) in [6.07, 6.45) is 1.76. The highest BCUT2D eigenvalue weighted by atomic mass is 32.1. The van der Waals surface area contributed by atoms with Crippen LogP contribution in [0.1, 0.15) is 17.3 Å². The number of rotatable bonds is 6. The van der Waals surface area contributed by atoms with Crippen LogP contribution in [0.2, 0.25) is 0 Å². The first kappa shape index (κ1) is 21.3. The maximum atomic E-state index is 13.0. The molecular formula is C25H21N3O3S. The van der Waals surface area contributed by atoms with Crippen molar-refractivity contribution in [2.75, 3.05) is 5.32 Å². The maximum Gasteiger partial charge on any atom is 0.279 e. The third-order valence-corrected chi connectivity index (χ3v) is 5.61. The van der Waals surface area contributed by atoms with Gasteiger partial charge >= 0.3 is 0 Å². The topological polar surface area (TPSA) is 72.7 Å². The molecule has 0 unspecified atom stereocenters. The van der Waals surface area contributed by atoms with Crippen molar-refractivity contribution < 1.29 is 14.3 Å². The number of fused-ring (bicyclic) bond motifs is 1. The van der Waals surface area contributed by atoms with Crippen LogP contribution in [0.15, 0.2) is 90.4 Å². The van der Waals surface area contributed by atoms with E-state index in [1.807, 2.05) is 53.1 Å². The fourth-order valence-corrected chi connectivity index (χ4v) is 4.29. The fourth-order valence-electron chi connectivity index (χ4n) is 3.21. The van der Waals surface area contributed by atoms with Crippen LogP contribution >= 0.6 is 11.3 Å². The van der Waals surface area contributed by atoms with Gasteiger partial charge in [0, 0.05) is 24.7 Å². The second kappa shape index (κ2) is 9.45. The Kier molecular flexibility index (Phi) is 6.28. The van der Waals surface area contributed by atoms with E-state index < -0.39 is 0 Å². The Bertz CT molecular complexity index is 1370. The Morgan fingerprint density at radius 3 is 2.59 bits per heavy atom. The molecule has 6 nitrogen and oxygen atoms in total. The van der Waals surface area contributed by atoms with Crippen LogP contribution in [0.4, 0.5) is 5.69 Å². The normalized spacial score (nSPS) is 11.3. The highest BCUT2D eigenvalue weighted by Gasteiger charge is 2.11. The molecule has 0 bridgehead atoms. The molecule has 1 N–H and O–H groups in total. The lowest BCUT2D eigenvalue weighted by molar-refractivity contribution is -0.114. The Hall–Kier alpha value is -3.97. The number of amides is 2. The van der Waals surface area contributed by atoms with Gasteiger partial charge in [0.05, 0.1) is 10.2 Å². The predicted octanol–water partition coefficient (Wildman–Crippen LogP) is 5.38. The average molecular weight is 444 g/mol. The molecule has 0 atom stereocenters. The van der Waals surface area contributed by atoms with Gasteiger partial charge in [0.2, 0.25) is 5.91 Å². The minimum Gasteiger partial charge on any atom is -0.457 e. The number of ether oxygens (including phenoxy) is 1. The number of carbonyl (C=O) groups excluding carboxylic acids is 2. The summed E-state index contributed by atoms with van der Waals surface area (Å²) in [5.41, 5.74) is 2.04. The molecule has 3 aromatic carbocycles. The minimum atomic E-state index is -0.366. The van der Waals surface area contributed by atoms with E-state index in [0.29, 0.717) is 34.1 Å². The molecule has 7 heteroatoms. The SMILES string of the molecule is C=CCn1c(=NC(=O)c2cccc(Oc3ccccc3)c2)sc2cc(NC(C)=O)ccc21. The lowest BCUT2D eigenvalue weighted by Gasteiger charge is -2.06. The Morgan fingerprint density at radius 1 is 1.06 bits per heavy atom. The Labute approximate surface area is 189 Å². The van der Waals surface area contributed by atoms with Crippen LogP contribution < -0.4 is 14.9 Å². The number of thiazole rings is 1. The van der Waals surface area contributed by atoms with Crippen molar-refractivity contribution in [3.63, 3.8) is 0 Å². The van der Waals surface area contributed by atoms with Crippen LogP contribution in [0.3, 0.4) is 0 Å². The quantitative estimate of drug-likeness (QED) is 0.407. The molecule has 0 saturated heterocycles. The van der Waals surface area contributed by atoms with E-state index in [4.69, 9.17) is 4.74 Å². The highest BCUT2D eigenvalue weighted by molar-refractivity contribution is 7.16. The van der Waals surface area contributed by atoms with Gasteiger partial charge in [-0.15, -0.1) is 6.58 Å². The van der Waals surface area contributed by atoms with E-state index in [1.165, 1.54) is 18.3 Å². The van der Waals surface area contributed by atoms with Crippen LogP contribution in [-0.4, -0.2) is 16.4 Å². The van der Waals surface area contributed by atoms with Gasteiger partial charge < -0.3 is 14.6 Å². The van der Waals surface area contributed by atoms with E-state index >= 15 is 0 Å². The number of allylic oxidation sites excluding steroid dienone is 1. The zero-order chi connectivity index (χ0) is 22.5. The average Bonchev–Trinajstić information content (AvgIpc) is 3.10. The summed E-state index contributed by atoms with van der Waals surface area (Å²) >= 11 is 1.38. The molecule has 4 rings (SSSR count). The molecule has 1 heterocycles. The summed E-state index contributed by atoms with van der Waals surface area (Å²) in [7, 11) is 0. The highest BCUT2D eigenvalue weighted by Crippen LogP contribution is 2.24. The van der Waals surface area contributed by atoms with Gasteiger partial charge in [-0.1, -0.05) is 41.7 Å². The van der Waals surface area contributed by atoms with Crippen molar-refractivity contribution >= 4 is 39.1 Å². The first-order chi connectivity index (χ1) is 15.5. The number of para-hydroxylation sites is 1. The summed E-state index contributed by atoms with van der Waals surface area (Å²) in [6.45, 7) is 5.78. The van der Waals surface area contributed by atoms with Gasteiger partial charge in [-0.05, 0) is 48.5 Å². The molecule has 2 amide bonds. The van der Waals surface area contributed by atoms with Crippen molar-refractivity contribution in [1.29, 1.82) is 0 Å². The number of hydrogen-bond donors (Lipinski definition) is 1. The number of hydrogen-bond acceptors (Lipinski definition) is 4. The van der Waals surface area contributed by atoms with E-state index in [1.54, 1.807) is 30.3 Å². The molecule has 0 aliphatic rings. The van der Waals surface area contributed by atoms with Crippen molar-refractivity contribution in [2.45, 2.75) is 13.5 Å². The maximum absolute atomic E-state index is 13.0. The fraction of sp³-hybridized carbons (Fsp3) is 0.0800. The van der Waals surface area contributed by atoms with Crippen molar-refractivity contribution in [3.8, 4) is 11.5 Å². The molecule has 0 saturated carbocycles. The molecule has 0 aliphatic carbocycles. The molecule has 32 heavy (non-hydrogen) atoms. The van der Waals surface area contributed by atoms with Crippen LogP contribution in [0.25, 0.3) is 10.2 Å². The van der Waals surface area contributed by atoms with Gasteiger partial charge in [-0.3, -0.25) is 9.59 Å². The van der Waals surface area contributed by atoms with Gasteiger partial charge in [0.25, 0.3) is 5.91 Å². The minimum absolute atomic E-state index is 0.141. The van der Waals surface area contributed by atoms with E-state index in [2.05, 4.69) is 16.9 Å². The number of aromatic nitrogens is 1. The summed E-state index contributed by atoms with van der Waals surface area (Å²) in [6, 6.07) is 21.9. The van der Waals surface area contributed by atoms with Gasteiger partial charge in [-0.2, -0.15) is 4.99 Å². The van der Waals surface area contributed by atoms with Crippen molar-refractivity contribution in [1.82, 2.24) is 4.57 Å². The van der Waals surface area contributed by atoms with Gasteiger partial charge in [0.15, 0.2) is 4.80 Å². The van der Waals surface area contributed by atoms with E-state index in [-0.39, 0.29) is 11.8 Å². The van der Waals surface area contributed by atoms with E-state index in [0.717, 1.165) is 10.2 Å². The molecule has 0 fully saturated rings. The number of anilines is 1. The second-order valence-electron chi connectivity index (χ2n) is 7.01. The zero-order valence-corrected chi connectivity index (χ0v) is 18.3. The molecular weight excluding hydrogens is 422 g/mol. The molecule has 0 spiro atoms. The third-order valence-electron chi connectivity index (χ3n) is 4.57. The molecule has 1 aromatic heterocycles. The standard InChI is InChI=1S/C25H21N3O3S/c1-3-14-28-22-13-12-19(26-17(2)29)16-23(22)32-25(28)27-24(30)18-8-7-11-21(15-18)31-20-9-5-4-6-10-20/h3-13,15-16H,1,14H2,2H3,(H,26,29). The molecule has 160 valence electrons. The number of carbonyl (C=O) groups is 2. The number of benzene rings is 3. The van der Waals surface area contributed by atoms with Crippen LogP contribution in [0, 0.1) is 0 Å². The summed E-state index contributed by atoms with van der Waals surface area (Å²) in [5.74, 6) is 0.748. The Balaban J connectivity index is 1.69. The molecule has 0 radical (unpaired) electrons. The first-order valence-corrected chi connectivity index (χ1v) is 10.8. The molecule has 4 aromatic rings. The first-order valence-electron chi connectivity index (χ1n) is 9.97. The van der Waals surface area contributed by atoms with Gasteiger partial charge in [0.1, 0.15) is 11.5 Å². The monoisotopic (exact) mass is 443 g/mol. The lowest BCUT2D eigenvalue weighted by Crippen LogP contribution is -2.16. The van der Waals surface area contributed by atoms with Crippen LogP contribution in [-0.2, 0) is 11.3 Å². The predicted molar refractivity (Wildman–Crippen MR) is 127 cm³/mol. The smallest absolute Gasteiger partial charge is 0.279 e. The summed E-state index contributed by atoms with van der Waals surface area (Å²) in [5, 5.41) is 2.78. The zero-order valence-electron chi connectivity index (χ0n) is 17.4. The second-order valence-corrected chi connectivity index (χ2v) is 8.02. The van der Waals surface area contributed by atoms with Gasteiger partial charge in [-0.25, -0.2) is 0 Å². The Morgan fingerprint density at radius 2 is 1.84 bits per heavy atom. The number of nitrogens with zero attached hydrogens (tertiary/aromatic N) is 2. The van der Waals surface area contributed by atoms with Crippen molar-refractivity contribution in [3.05, 3.63) is 95.8 Å². The largest absolute Gasteiger partial charge is 0.457 e. The number of nitrogens with one attached hydrogen (secondary N) is 1. The summed E-state index contributed by atoms with van der Waals surface area (Å²) in [4.78, 5) is 29.3. The third kappa shape index (κ3) is 4.84.